The molecule has 0 spiro atoms. The quantitative estimate of drug-likeness (QED) is 0.230. The molecule has 0 amide bonds. The Bertz CT molecular complexity index is 1400. The Morgan fingerprint density at radius 2 is 1.66 bits per heavy atom. The Morgan fingerprint density at radius 1 is 0.974 bits per heavy atom. The van der Waals surface area contributed by atoms with Crippen LogP contribution < -0.4 is 4.74 Å². The fraction of sp³-hybridized carbons (Fsp3) is 0.250. The fourth-order valence-corrected chi connectivity index (χ4v) is 4.51. The minimum atomic E-state index is -0.535. The number of carbonyl (C=O) groups is 1. The zero-order valence-corrected chi connectivity index (χ0v) is 22.9. The van der Waals surface area contributed by atoms with Crippen LogP contribution in [-0.4, -0.2) is 24.3 Å². The van der Waals surface area contributed by atoms with E-state index in [0.29, 0.717) is 11.5 Å². The van der Waals surface area contributed by atoms with Gasteiger partial charge in [-0.1, -0.05) is 67.6 Å². The molecule has 6 heteroatoms. The summed E-state index contributed by atoms with van der Waals surface area (Å²) in [7, 11) is 1.37. The van der Waals surface area contributed by atoms with E-state index in [4.69, 9.17) is 14.2 Å². The molecule has 0 saturated heterocycles. The van der Waals surface area contributed by atoms with Gasteiger partial charge in [-0.2, -0.15) is 5.10 Å². The number of nitrogens with zero attached hydrogens (tertiary/aromatic N) is 2. The highest BCUT2D eigenvalue weighted by Crippen LogP contribution is 2.47. The van der Waals surface area contributed by atoms with Crippen molar-refractivity contribution in [2.24, 2.45) is 5.10 Å². The average molecular weight is 511 g/mol. The number of hydrogen-bond donors (Lipinski definition) is 0. The smallest absolute Gasteiger partial charge is 0.360 e. The lowest BCUT2D eigenvalue weighted by Crippen LogP contribution is -2.30. The van der Waals surface area contributed by atoms with Crippen molar-refractivity contribution in [2.75, 3.05) is 7.11 Å². The molecule has 196 valence electrons. The minimum Gasteiger partial charge on any atom is -0.486 e. The molecule has 0 saturated carbocycles. The first kappa shape index (κ1) is 26.7. The minimum absolute atomic E-state index is 0.223. The highest BCUT2D eigenvalue weighted by atomic mass is 16.5. The van der Waals surface area contributed by atoms with Crippen LogP contribution in [0, 0.1) is 13.8 Å². The second kappa shape index (κ2) is 11.8. The van der Waals surface area contributed by atoms with Crippen molar-refractivity contribution < 1.29 is 19.0 Å². The average Bonchev–Trinajstić information content (AvgIpc) is 2.93. The number of aryl methyl sites for hydroxylation is 2. The highest BCUT2D eigenvalue weighted by Gasteiger charge is 2.38. The Labute approximate surface area is 224 Å². The number of benzene rings is 3. The van der Waals surface area contributed by atoms with Crippen molar-refractivity contribution in [3.63, 3.8) is 0 Å². The van der Waals surface area contributed by atoms with Gasteiger partial charge in [0.05, 0.1) is 18.4 Å². The molecule has 3 aromatic rings. The van der Waals surface area contributed by atoms with Gasteiger partial charge >= 0.3 is 5.97 Å². The van der Waals surface area contributed by atoms with Gasteiger partial charge in [-0.3, -0.25) is 0 Å². The van der Waals surface area contributed by atoms with Gasteiger partial charge in [-0.15, -0.1) is 0 Å². The topological polar surface area (TPSA) is 60.4 Å². The van der Waals surface area contributed by atoms with Gasteiger partial charge in [0, 0.05) is 11.8 Å². The summed E-state index contributed by atoms with van der Waals surface area (Å²) in [5, 5.41) is 6.26. The molecule has 0 radical (unpaired) electrons. The molecule has 38 heavy (non-hydrogen) atoms. The molecule has 0 unspecified atom stereocenters. The Kier molecular flexibility index (Phi) is 8.31. The lowest BCUT2D eigenvalue weighted by Gasteiger charge is -2.34. The van der Waals surface area contributed by atoms with Gasteiger partial charge in [0.15, 0.2) is 11.5 Å². The molecule has 1 aliphatic rings. The molecule has 6 nitrogen and oxygen atoms in total. The maximum atomic E-state index is 13.3. The molecule has 0 bridgehead atoms. The molecule has 0 fully saturated rings. The molecule has 1 heterocycles. The molecule has 0 N–H and O–H groups in total. The number of hydrogen-bond acceptors (Lipinski definition) is 6. The third kappa shape index (κ3) is 5.21. The Morgan fingerprint density at radius 3 is 2.29 bits per heavy atom. The summed E-state index contributed by atoms with van der Waals surface area (Å²) in [4.78, 5) is 13.3. The van der Waals surface area contributed by atoms with Crippen molar-refractivity contribution in [1.82, 2.24) is 5.01 Å². The van der Waals surface area contributed by atoms with Crippen molar-refractivity contribution in [2.45, 2.75) is 47.6 Å². The first-order chi connectivity index (χ1) is 18.4. The first-order valence-corrected chi connectivity index (χ1v) is 12.8. The monoisotopic (exact) mass is 510 g/mol. The summed E-state index contributed by atoms with van der Waals surface area (Å²) >= 11 is 0. The van der Waals surface area contributed by atoms with Crippen molar-refractivity contribution in [3.8, 4) is 11.5 Å². The summed E-state index contributed by atoms with van der Waals surface area (Å²) in [6.45, 7) is 10.3. The number of para-hydroxylation sites is 1. The fourth-order valence-electron chi connectivity index (χ4n) is 4.51. The number of methoxy groups -OCH3 is 1. The summed E-state index contributed by atoms with van der Waals surface area (Å²) in [5.41, 5.74) is 6.64. The van der Waals surface area contributed by atoms with Crippen LogP contribution in [0.5, 0.6) is 11.5 Å². The number of fused-ring (bicyclic) bond motifs is 1. The predicted molar refractivity (Wildman–Crippen MR) is 151 cm³/mol. The van der Waals surface area contributed by atoms with E-state index in [1.54, 1.807) is 11.2 Å². The summed E-state index contributed by atoms with van der Waals surface area (Å²) in [6.07, 6.45) is 2.40. The normalized spacial score (nSPS) is 14.4. The molecule has 0 atom stereocenters. The van der Waals surface area contributed by atoms with E-state index in [9.17, 15) is 4.79 Å². The Hall–Kier alpha value is -4.32. The third-order valence-electron chi connectivity index (χ3n) is 6.54. The summed E-state index contributed by atoms with van der Waals surface area (Å²) in [6, 6.07) is 21.7. The van der Waals surface area contributed by atoms with Gasteiger partial charge in [-0.05, 0) is 62.4 Å². The molecular formula is C32H34N2O4. The predicted octanol–water partition coefficient (Wildman–Crippen LogP) is 7.62. The van der Waals surface area contributed by atoms with Crippen LogP contribution in [0.2, 0.25) is 0 Å². The number of rotatable bonds is 8. The van der Waals surface area contributed by atoms with Gasteiger partial charge in [0.25, 0.3) is 0 Å². The second-order valence-electron chi connectivity index (χ2n) is 9.11. The SMILES string of the molecule is C/C=N\N1C(C(=O)OC)=C(OCc2ccccc2)c2cccc(Oc3c(C)cccc3C)c2/C1=C(\C)CC. The zero-order chi connectivity index (χ0) is 27.2. The number of esters is 1. The molecule has 0 aromatic heterocycles. The van der Waals surface area contributed by atoms with E-state index in [-0.39, 0.29) is 12.3 Å². The second-order valence-corrected chi connectivity index (χ2v) is 9.11. The summed E-state index contributed by atoms with van der Waals surface area (Å²) in [5.74, 6) is 1.31. The molecule has 1 aliphatic heterocycles. The largest absolute Gasteiger partial charge is 0.486 e. The highest BCUT2D eigenvalue weighted by molar-refractivity contribution is 6.02. The first-order valence-electron chi connectivity index (χ1n) is 12.8. The van der Waals surface area contributed by atoms with Crippen molar-refractivity contribution >= 4 is 23.6 Å². The number of allylic oxidation sites excluding steroid dienone is 1. The van der Waals surface area contributed by atoms with E-state index in [0.717, 1.165) is 51.3 Å². The van der Waals surface area contributed by atoms with Crippen molar-refractivity contribution in [3.05, 3.63) is 106 Å². The van der Waals surface area contributed by atoms with Crippen LogP contribution in [0.4, 0.5) is 0 Å². The standard InChI is InChI=1S/C32H34N2O4/c1-7-21(3)28-27-25(18-13-19-26(27)38-30-22(4)14-12-15-23(30)5)31(37-20-24-16-10-9-11-17-24)29(32(35)36-6)34(28)33-8-2/h8-19H,7,20H2,1-6H3/b28-21-,33-8-. The Balaban J connectivity index is 2.00. The van der Waals surface area contributed by atoms with E-state index < -0.39 is 5.97 Å². The molecule has 4 rings (SSSR count). The maximum absolute atomic E-state index is 13.3. The van der Waals surface area contributed by atoms with E-state index in [1.807, 2.05) is 94.4 Å². The van der Waals surface area contributed by atoms with Crippen LogP contribution in [0.1, 0.15) is 55.0 Å². The molecular weight excluding hydrogens is 476 g/mol. The van der Waals surface area contributed by atoms with E-state index in [1.165, 1.54) is 7.11 Å². The lowest BCUT2D eigenvalue weighted by atomic mass is 9.92. The zero-order valence-electron chi connectivity index (χ0n) is 22.9. The lowest BCUT2D eigenvalue weighted by molar-refractivity contribution is -0.137. The van der Waals surface area contributed by atoms with Gasteiger partial charge in [0.1, 0.15) is 18.1 Å². The van der Waals surface area contributed by atoms with E-state index in [2.05, 4.69) is 12.0 Å². The molecule has 0 aliphatic carbocycles. The maximum Gasteiger partial charge on any atom is 0.360 e. The van der Waals surface area contributed by atoms with E-state index >= 15 is 0 Å². The summed E-state index contributed by atoms with van der Waals surface area (Å²) < 4.78 is 18.3. The van der Waals surface area contributed by atoms with Crippen LogP contribution in [0.3, 0.4) is 0 Å². The van der Waals surface area contributed by atoms with Crippen molar-refractivity contribution in [1.29, 1.82) is 0 Å². The number of ether oxygens (including phenoxy) is 3. The molecule has 3 aromatic carbocycles. The third-order valence-corrected chi connectivity index (χ3v) is 6.54. The van der Waals surface area contributed by atoms with Crippen LogP contribution in [0.15, 0.2) is 83.1 Å². The van der Waals surface area contributed by atoms with Gasteiger partial charge < -0.3 is 14.2 Å². The number of hydrazone groups is 1. The van der Waals surface area contributed by atoms with Crippen LogP contribution in [0.25, 0.3) is 11.5 Å². The van der Waals surface area contributed by atoms with Gasteiger partial charge in [0.2, 0.25) is 0 Å². The van der Waals surface area contributed by atoms with Crippen LogP contribution >= 0.6 is 0 Å². The van der Waals surface area contributed by atoms with Crippen LogP contribution in [-0.2, 0) is 20.9 Å². The number of carbonyl (C=O) groups excluding carboxylic acids is 1. The van der Waals surface area contributed by atoms with Gasteiger partial charge in [-0.25, -0.2) is 9.80 Å².